The highest BCUT2D eigenvalue weighted by Crippen LogP contribution is 2.26. The van der Waals surface area contributed by atoms with Crippen molar-refractivity contribution in [2.75, 3.05) is 19.0 Å². The summed E-state index contributed by atoms with van der Waals surface area (Å²) in [6.07, 6.45) is 2.72. The minimum Gasteiger partial charge on any atom is -0.497 e. The summed E-state index contributed by atoms with van der Waals surface area (Å²) in [5.41, 5.74) is -0.0231. The Morgan fingerprint density at radius 2 is 1.75 bits per heavy atom. The number of pyridine rings is 1. The van der Waals surface area contributed by atoms with Crippen LogP contribution in [0.4, 0.5) is 5.69 Å². The summed E-state index contributed by atoms with van der Waals surface area (Å²) in [4.78, 5) is 30.6. The van der Waals surface area contributed by atoms with Crippen molar-refractivity contribution in [3.63, 3.8) is 0 Å². The monoisotopic (exact) mass is 482 g/mol. The number of nitrogens with zero attached hydrogens (tertiary/aromatic N) is 3. The summed E-state index contributed by atoms with van der Waals surface area (Å²) in [6, 6.07) is 20.4. The number of ether oxygens (including phenoxy) is 3. The molecule has 9 heteroatoms. The van der Waals surface area contributed by atoms with E-state index in [1.165, 1.54) is 10.5 Å². The van der Waals surface area contributed by atoms with Crippen molar-refractivity contribution in [2.24, 2.45) is 0 Å². The molecular weight excluding hydrogens is 460 g/mol. The van der Waals surface area contributed by atoms with Crippen molar-refractivity contribution in [1.29, 1.82) is 5.26 Å². The van der Waals surface area contributed by atoms with Crippen molar-refractivity contribution in [1.82, 2.24) is 9.38 Å². The zero-order valence-electron chi connectivity index (χ0n) is 19.6. The van der Waals surface area contributed by atoms with Gasteiger partial charge in [-0.25, -0.2) is 0 Å². The molecule has 0 spiro atoms. The van der Waals surface area contributed by atoms with E-state index in [9.17, 15) is 14.9 Å². The molecule has 0 unspecified atom stereocenters. The van der Waals surface area contributed by atoms with E-state index in [0.29, 0.717) is 35.2 Å². The first-order valence-corrected chi connectivity index (χ1v) is 11.0. The number of amides is 1. The van der Waals surface area contributed by atoms with Gasteiger partial charge in [0.15, 0.2) is 0 Å². The molecule has 0 saturated carbocycles. The predicted molar refractivity (Wildman–Crippen MR) is 134 cm³/mol. The number of nitriles is 1. The number of anilines is 1. The molecule has 2 heterocycles. The molecule has 0 aliphatic carbocycles. The number of aromatic nitrogens is 2. The highest BCUT2D eigenvalue weighted by Gasteiger charge is 2.17. The predicted octanol–water partition coefficient (Wildman–Crippen LogP) is 4.44. The minimum absolute atomic E-state index is 0.0435. The van der Waals surface area contributed by atoms with Crippen LogP contribution in [-0.2, 0) is 4.79 Å². The van der Waals surface area contributed by atoms with E-state index >= 15 is 0 Å². The second-order valence-corrected chi connectivity index (χ2v) is 7.42. The lowest BCUT2D eigenvalue weighted by Gasteiger charge is -2.11. The summed E-state index contributed by atoms with van der Waals surface area (Å²) in [5.74, 6) is 0.955. The molecule has 0 saturated heterocycles. The van der Waals surface area contributed by atoms with Crippen LogP contribution in [0.2, 0.25) is 0 Å². The molecule has 0 radical (unpaired) electrons. The van der Waals surface area contributed by atoms with E-state index in [2.05, 4.69) is 10.3 Å². The van der Waals surface area contributed by atoms with Crippen molar-refractivity contribution >= 4 is 23.3 Å². The molecule has 1 amide bonds. The Balaban J connectivity index is 1.72. The third-order valence-corrected chi connectivity index (χ3v) is 5.08. The second-order valence-electron chi connectivity index (χ2n) is 7.42. The van der Waals surface area contributed by atoms with Gasteiger partial charge in [0.1, 0.15) is 40.1 Å². The molecule has 0 aliphatic heterocycles. The molecule has 1 N–H and O–H groups in total. The number of hydrogen-bond donors (Lipinski definition) is 1. The van der Waals surface area contributed by atoms with Crippen LogP contribution >= 0.6 is 0 Å². The van der Waals surface area contributed by atoms with E-state index in [-0.39, 0.29) is 17.0 Å². The van der Waals surface area contributed by atoms with Gasteiger partial charge < -0.3 is 19.5 Å². The zero-order chi connectivity index (χ0) is 25.5. The van der Waals surface area contributed by atoms with Gasteiger partial charge in [-0.2, -0.15) is 10.2 Å². The van der Waals surface area contributed by atoms with Gasteiger partial charge in [0.25, 0.3) is 11.5 Å². The van der Waals surface area contributed by atoms with Crippen LogP contribution in [-0.4, -0.2) is 29.0 Å². The molecule has 0 fully saturated rings. The Labute approximate surface area is 206 Å². The first-order valence-electron chi connectivity index (χ1n) is 11.0. The first-order chi connectivity index (χ1) is 17.5. The highest BCUT2D eigenvalue weighted by atomic mass is 16.5. The number of nitrogens with one attached hydrogen (secondary N) is 1. The number of methoxy groups -OCH3 is 1. The van der Waals surface area contributed by atoms with Crippen LogP contribution in [0, 0.1) is 11.3 Å². The normalized spacial score (nSPS) is 11.0. The summed E-state index contributed by atoms with van der Waals surface area (Å²) in [6.45, 7) is 2.39. The standard InChI is InChI=1S/C27H22N4O5/c1-3-35-21-9-7-19(8-10-21)29-25(32)18(17-28)16-23-26(36-22-13-11-20(34-2)12-14-22)30-24-6-4-5-15-31(24)27(23)33/h4-16H,3H2,1-2H3,(H,29,32)/b18-16+. The molecule has 0 aliphatic rings. The third-order valence-electron chi connectivity index (χ3n) is 5.08. The maximum Gasteiger partial charge on any atom is 0.269 e. The van der Waals surface area contributed by atoms with Gasteiger partial charge in [-0.1, -0.05) is 6.07 Å². The van der Waals surface area contributed by atoms with Crippen LogP contribution in [0.3, 0.4) is 0 Å². The fourth-order valence-electron chi connectivity index (χ4n) is 3.33. The lowest BCUT2D eigenvalue weighted by atomic mass is 10.1. The van der Waals surface area contributed by atoms with Crippen LogP contribution in [0.5, 0.6) is 23.1 Å². The number of hydrogen-bond acceptors (Lipinski definition) is 7. The van der Waals surface area contributed by atoms with Gasteiger partial charge in [-0.05, 0) is 73.7 Å². The van der Waals surface area contributed by atoms with Gasteiger partial charge in [0.05, 0.1) is 13.7 Å². The Morgan fingerprint density at radius 3 is 2.42 bits per heavy atom. The first kappa shape index (κ1) is 24.0. The van der Waals surface area contributed by atoms with Crippen molar-refractivity contribution in [2.45, 2.75) is 6.92 Å². The Bertz CT molecular complexity index is 1520. The lowest BCUT2D eigenvalue weighted by Crippen LogP contribution is -2.20. The van der Waals surface area contributed by atoms with E-state index < -0.39 is 11.5 Å². The molecule has 2 aromatic heterocycles. The molecule has 4 aromatic rings. The Hall–Kier alpha value is -5.10. The van der Waals surface area contributed by atoms with Gasteiger partial charge >= 0.3 is 0 Å². The van der Waals surface area contributed by atoms with Gasteiger partial charge in [0.2, 0.25) is 5.88 Å². The fourth-order valence-corrected chi connectivity index (χ4v) is 3.33. The number of carbonyl (C=O) groups excluding carboxylic acids is 1. The average molecular weight is 482 g/mol. The maximum absolute atomic E-state index is 13.3. The van der Waals surface area contributed by atoms with Gasteiger partial charge in [-0.3, -0.25) is 14.0 Å². The van der Waals surface area contributed by atoms with Crippen LogP contribution in [0.25, 0.3) is 11.7 Å². The summed E-state index contributed by atoms with van der Waals surface area (Å²) >= 11 is 0. The van der Waals surface area contributed by atoms with Gasteiger partial charge in [-0.15, -0.1) is 0 Å². The van der Waals surface area contributed by atoms with Crippen molar-refractivity contribution in [3.8, 4) is 29.2 Å². The largest absolute Gasteiger partial charge is 0.497 e. The van der Waals surface area contributed by atoms with E-state index in [4.69, 9.17) is 14.2 Å². The topological polar surface area (TPSA) is 115 Å². The number of carbonyl (C=O) groups is 1. The maximum atomic E-state index is 13.3. The average Bonchev–Trinajstić information content (AvgIpc) is 2.90. The minimum atomic E-state index is -0.686. The molecule has 180 valence electrons. The third kappa shape index (κ3) is 5.34. The van der Waals surface area contributed by atoms with Crippen molar-refractivity contribution < 1.29 is 19.0 Å². The number of benzene rings is 2. The highest BCUT2D eigenvalue weighted by molar-refractivity contribution is 6.09. The van der Waals surface area contributed by atoms with Crippen LogP contribution in [0.1, 0.15) is 12.5 Å². The molecular formula is C27H22N4O5. The molecule has 0 bridgehead atoms. The molecule has 9 nitrogen and oxygen atoms in total. The van der Waals surface area contributed by atoms with Crippen molar-refractivity contribution in [3.05, 3.63) is 94.4 Å². The number of fused-ring (bicyclic) bond motifs is 1. The van der Waals surface area contributed by atoms with Gasteiger partial charge in [0, 0.05) is 11.9 Å². The van der Waals surface area contributed by atoms with Crippen LogP contribution < -0.4 is 25.1 Å². The molecule has 2 aromatic carbocycles. The van der Waals surface area contributed by atoms with Crippen LogP contribution in [0.15, 0.2) is 83.3 Å². The second kappa shape index (κ2) is 10.9. The quantitative estimate of drug-likeness (QED) is 0.292. The van der Waals surface area contributed by atoms with E-state index in [0.717, 1.165) is 0 Å². The Kier molecular flexibility index (Phi) is 7.27. The summed E-state index contributed by atoms with van der Waals surface area (Å²) in [5, 5.41) is 12.4. The molecule has 0 atom stereocenters. The fraction of sp³-hybridized carbons (Fsp3) is 0.111. The van der Waals surface area contributed by atoms with E-state index in [1.807, 2.05) is 13.0 Å². The van der Waals surface area contributed by atoms with E-state index in [1.54, 1.807) is 80.0 Å². The summed E-state index contributed by atoms with van der Waals surface area (Å²) in [7, 11) is 1.55. The zero-order valence-corrected chi connectivity index (χ0v) is 19.6. The molecule has 4 rings (SSSR count). The molecule has 36 heavy (non-hydrogen) atoms. The number of rotatable bonds is 8. The smallest absolute Gasteiger partial charge is 0.269 e. The summed E-state index contributed by atoms with van der Waals surface area (Å²) < 4.78 is 17.8. The lowest BCUT2D eigenvalue weighted by molar-refractivity contribution is -0.112. The SMILES string of the molecule is CCOc1ccc(NC(=O)/C(C#N)=C/c2c(Oc3ccc(OC)cc3)nc3ccccn3c2=O)cc1. The Morgan fingerprint density at radius 1 is 1.06 bits per heavy atom.